The highest BCUT2D eigenvalue weighted by atomic mass is 32.2. The Kier molecular flexibility index (Phi) is 6.07. The third-order valence-corrected chi connectivity index (χ3v) is 6.70. The van der Waals surface area contributed by atoms with Gasteiger partial charge >= 0.3 is 0 Å². The van der Waals surface area contributed by atoms with Gasteiger partial charge in [0.2, 0.25) is 5.91 Å². The SMILES string of the molecule is CC1Sc2ccc(C(=O)N3CCCN(Cc4ccc(C#N)cc4)CC3)cc2NC1=O. The van der Waals surface area contributed by atoms with Crippen LogP contribution in [0.3, 0.4) is 0 Å². The van der Waals surface area contributed by atoms with Crippen molar-refractivity contribution < 1.29 is 9.59 Å². The van der Waals surface area contributed by atoms with E-state index in [0.717, 1.165) is 43.2 Å². The van der Waals surface area contributed by atoms with E-state index in [9.17, 15) is 9.59 Å². The highest BCUT2D eigenvalue weighted by molar-refractivity contribution is 8.00. The Balaban J connectivity index is 1.39. The molecular formula is C23H24N4O2S. The maximum absolute atomic E-state index is 13.1. The summed E-state index contributed by atoms with van der Waals surface area (Å²) in [6.45, 7) is 5.82. The monoisotopic (exact) mass is 420 g/mol. The lowest BCUT2D eigenvalue weighted by Crippen LogP contribution is -2.35. The van der Waals surface area contributed by atoms with E-state index in [1.807, 2.05) is 48.2 Å². The largest absolute Gasteiger partial charge is 0.337 e. The molecule has 0 aliphatic carbocycles. The van der Waals surface area contributed by atoms with Crippen molar-refractivity contribution in [3.05, 3.63) is 59.2 Å². The Morgan fingerprint density at radius 1 is 1.17 bits per heavy atom. The maximum Gasteiger partial charge on any atom is 0.253 e. The summed E-state index contributed by atoms with van der Waals surface area (Å²) in [4.78, 5) is 30.3. The molecular weight excluding hydrogens is 396 g/mol. The number of nitrogens with one attached hydrogen (secondary N) is 1. The minimum Gasteiger partial charge on any atom is -0.337 e. The van der Waals surface area contributed by atoms with Crippen LogP contribution in [0.15, 0.2) is 47.4 Å². The fourth-order valence-corrected chi connectivity index (χ4v) is 4.73. The lowest BCUT2D eigenvalue weighted by atomic mass is 10.1. The number of amides is 2. The normalized spacial score (nSPS) is 19.4. The first-order valence-electron chi connectivity index (χ1n) is 10.2. The van der Waals surface area contributed by atoms with Crippen LogP contribution in [-0.2, 0) is 11.3 Å². The van der Waals surface area contributed by atoms with Crippen LogP contribution in [0.1, 0.15) is 34.8 Å². The van der Waals surface area contributed by atoms with Crippen LogP contribution in [-0.4, -0.2) is 53.0 Å². The van der Waals surface area contributed by atoms with Gasteiger partial charge in [0.05, 0.1) is 22.6 Å². The van der Waals surface area contributed by atoms with Gasteiger partial charge in [0.25, 0.3) is 5.91 Å². The first kappa shape index (κ1) is 20.5. The molecule has 4 rings (SSSR count). The topological polar surface area (TPSA) is 76.4 Å². The molecule has 1 saturated heterocycles. The number of anilines is 1. The fourth-order valence-electron chi connectivity index (χ4n) is 3.80. The molecule has 0 saturated carbocycles. The lowest BCUT2D eigenvalue weighted by molar-refractivity contribution is -0.115. The molecule has 7 heteroatoms. The van der Waals surface area contributed by atoms with E-state index in [1.54, 1.807) is 6.07 Å². The number of nitrogens with zero attached hydrogens (tertiary/aromatic N) is 3. The third kappa shape index (κ3) is 4.50. The Labute approximate surface area is 180 Å². The Morgan fingerprint density at radius 3 is 2.73 bits per heavy atom. The van der Waals surface area contributed by atoms with Gasteiger partial charge in [-0.2, -0.15) is 5.26 Å². The van der Waals surface area contributed by atoms with Gasteiger partial charge in [-0.25, -0.2) is 0 Å². The van der Waals surface area contributed by atoms with Crippen molar-refractivity contribution in [1.29, 1.82) is 5.26 Å². The smallest absolute Gasteiger partial charge is 0.253 e. The average molecular weight is 421 g/mol. The minimum atomic E-state index is -0.119. The van der Waals surface area contributed by atoms with Gasteiger partial charge in [-0.05, 0) is 49.2 Å². The van der Waals surface area contributed by atoms with E-state index < -0.39 is 0 Å². The predicted octanol–water partition coefficient (Wildman–Crippen LogP) is 3.34. The summed E-state index contributed by atoms with van der Waals surface area (Å²) in [5, 5.41) is 11.7. The van der Waals surface area contributed by atoms with Crippen LogP contribution in [0.4, 0.5) is 5.69 Å². The van der Waals surface area contributed by atoms with E-state index in [2.05, 4.69) is 16.3 Å². The molecule has 2 aromatic rings. The van der Waals surface area contributed by atoms with Crippen molar-refractivity contribution in [2.24, 2.45) is 0 Å². The zero-order valence-electron chi connectivity index (χ0n) is 16.9. The number of benzene rings is 2. The quantitative estimate of drug-likeness (QED) is 0.824. The van der Waals surface area contributed by atoms with Crippen LogP contribution in [0.2, 0.25) is 0 Å². The van der Waals surface area contributed by atoms with Crippen molar-refractivity contribution in [1.82, 2.24) is 9.80 Å². The van der Waals surface area contributed by atoms with E-state index in [-0.39, 0.29) is 17.1 Å². The van der Waals surface area contributed by atoms with Crippen LogP contribution < -0.4 is 5.32 Å². The average Bonchev–Trinajstić information content (AvgIpc) is 3.00. The second-order valence-corrected chi connectivity index (χ2v) is 9.07. The summed E-state index contributed by atoms with van der Waals surface area (Å²) in [5.74, 6) is -0.0128. The zero-order valence-corrected chi connectivity index (χ0v) is 17.7. The molecule has 2 aromatic carbocycles. The van der Waals surface area contributed by atoms with E-state index in [0.29, 0.717) is 17.7 Å². The number of thioether (sulfide) groups is 1. The standard InChI is InChI=1S/C23H24N4O2S/c1-16-22(28)25-20-13-19(7-8-21(20)30-16)23(29)27-10-2-9-26(11-12-27)15-18-5-3-17(14-24)4-6-18/h3-8,13,16H,2,9-12,15H2,1H3,(H,25,28). The number of carbonyl (C=O) groups is 2. The summed E-state index contributed by atoms with van der Waals surface area (Å²) < 4.78 is 0. The number of hydrogen-bond donors (Lipinski definition) is 1. The highest BCUT2D eigenvalue weighted by Crippen LogP contribution is 2.36. The number of nitriles is 1. The fraction of sp³-hybridized carbons (Fsp3) is 0.348. The number of carbonyl (C=O) groups excluding carboxylic acids is 2. The molecule has 0 radical (unpaired) electrons. The lowest BCUT2D eigenvalue weighted by Gasteiger charge is -2.24. The molecule has 154 valence electrons. The van der Waals surface area contributed by atoms with Crippen molar-refractivity contribution >= 4 is 29.3 Å². The molecule has 2 aliphatic heterocycles. The van der Waals surface area contributed by atoms with Gasteiger partial charge in [-0.3, -0.25) is 14.5 Å². The van der Waals surface area contributed by atoms with Gasteiger partial charge in [0.15, 0.2) is 0 Å². The molecule has 1 atom stereocenters. The Morgan fingerprint density at radius 2 is 1.97 bits per heavy atom. The molecule has 2 amide bonds. The van der Waals surface area contributed by atoms with Gasteiger partial charge in [0.1, 0.15) is 0 Å². The molecule has 1 unspecified atom stereocenters. The minimum absolute atomic E-state index is 0.0101. The second kappa shape index (κ2) is 8.90. The molecule has 0 bridgehead atoms. The molecule has 1 N–H and O–H groups in total. The van der Waals surface area contributed by atoms with Crippen LogP contribution in [0.5, 0.6) is 0 Å². The Hall–Kier alpha value is -2.82. The first-order valence-corrected chi connectivity index (χ1v) is 11.0. The van der Waals surface area contributed by atoms with Crippen molar-refractivity contribution in [2.45, 2.75) is 30.0 Å². The number of fused-ring (bicyclic) bond motifs is 1. The van der Waals surface area contributed by atoms with Crippen molar-refractivity contribution in [2.75, 3.05) is 31.5 Å². The highest BCUT2D eigenvalue weighted by Gasteiger charge is 2.25. The summed E-state index contributed by atoms with van der Waals surface area (Å²) in [6.07, 6.45) is 0.914. The van der Waals surface area contributed by atoms with E-state index >= 15 is 0 Å². The summed E-state index contributed by atoms with van der Waals surface area (Å²) >= 11 is 1.52. The molecule has 2 aliphatic rings. The maximum atomic E-state index is 13.1. The predicted molar refractivity (Wildman–Crippen MR) is 117 cm³/mol. The third-order valence-electron chi connectivity index (χ3n) is 5.52. The number of rotatable bonds is 3. The van der Waals surface area contributed by atoms with Crippen LogP contribution in [0, 0.1) is 11.3 Å². The first-order chi connectivity index (χ1) is 14.5. The molecule has 2 heterocycles. The zero-order chi connectivity index (χ0) is 21.1. The summed E-state index contributed by atoms with van der Waals surface area (Å²) in [5.41, 5.74) is 3.18. The molecule has 30 heavy (non-hydrogen) atoms. The second-order valence-electron chi connectivity index (χ2n) is 7.69. The van der Waals surface area contributed by atoms with Crippen molar-refractivity contribution in [3.63, 3.8) is 0 Å². The van der Waals surface area contributed by atoms with E-state index in [4.69, 9.17) is 5.26 Å². The molecule has 1 fully saturated rings. The van der Waals surface area contributed by atoms with Crippen LogP contribution in [0.25, 0.3) is 0 Å². The molecule has 0 spiro atoms. The van der Waals surface area contributed by atoms with Gasteiger partial charge < -0.3 is 10.2 Å². The van der Waals surface area contributed by atoms with E-state index in [1.165, 1.54) is 17.3 Å². The molecule has 0 aromatic heterocycles. The number of hydrogen-bond acceptors (Lipinski definition) is 5. The Bertz CT molecular complexity index is 999. The summed E-state index contributed by atoms with van der Waals surface area (Å²) in [7, 11) is 0. The molecule has 6 nitrogen and oxygen atoms in total. The van der Waals surface area contributed by atoms with Crippen LogP contribution >= 0.6 is 11.8 Å². The summed E-state index contributed by atoms with van der Waals surface area (Å²) in [6, 6.07) is 15.4. The van der Waals surface area contributed by atoms with Gasteiger partial charge in [-0.15, -0.1) is 11.8 Å². The van der Waals surface area contributed by atoms with Gasteiger partial charge in [0, 0.05) is 43.2 Å². The van der Waals surface area contributed by atoms with Crippen molar-refractivity contribution in [3.8, 4) is 6.07 Å². The van der Waals surface area contributed by atoms with Gasteiger partial charge in [-0.1, -0.05) is 12.1 Å².